The molecule has 0 radical (unpaired) electrons. The molecule has 9 nitrogen and oxygen atoms in total. The van der Waals surface area contributed by atoms with E-state index in [2.05, 4.69) is 0 Å². The molecule has 156 valence electrons. The highest BCUT2D eigenvalue weighted by Gasteiger charge is 2.57. The van der Waals surface area contributed by atoms with E-state index in [4.69, 9.17) is 18.9 Å². The van der Waals surface area contributed by atoms with Crippen molar-refractivity contribution in [1.82, 2.24) is 0 Å². The van der Waals surface area contributed by atoms with E-state index in [-0.39, 0.29) is 11.5 Å². The molecule has 0 spiro atoms. The quantitative estimate of drug-likeness (QED) is 0.367. The molecule has 3 rings (SSSR count). The number of aliphatic hydroxyl groups excluding tert-OH is 1. The molecular formula is C20H22O9. The third kappa shape index (κ3) is 4.42. The van der Waals surface area contributed by atoms with E-state index in [0.29, 0.717) is 12.0 Å². The Balaban J connectivity index is 1.79. The second kappa shape index (κ2) is 8.24. The van der Waals surface area contributed by atoms with Crippen molar-refractivity contribution in [3.05, 3.63) is 42.0 Å². The molecule has 2 aliphatic heterocycles. The number of aromatic hydroxyl groups is 1. The molecule has 1 aromatic rings. The number of fused-ring (bicyclic) bond motifs is 2. The van der Waals surface area contributed by atoms with Crippen molar-refractivity contribution in [3.63, 3.8) is 0 Å². The lowest BCUT2D eigenvalue weighted by molar-refractivity contribution is -0.329. The van der Waals surface area contributed by atoms with E-state index in [0.717, 1.165) is 13.0 Å². The molecular weight excluding hydrogens is 384 g/mol. The summed E-state index contributed by atoms with van der Waals surface area (Å²) in [5.41, 5.74) is 0.546. The fourth-order valence-corrected chi connectivity index (χ4v) is 3.30. The molecule has 29 heavy (non-hydrogen) atoms. The van der Waals surface area contributed by atoms with Crippen molar-refractivity contribution in [3.8, 4) is 11.5 Å². The zero-order chi connectivity index (χ0) is 21.2. The number of benzene rings is 1. The standard InChI is InChI=1S/C20H22O9/c1-11(21)27-18-17(24)14-4-3-9-20(25,29-14)19(18)28-16(23)8-6-12-5-7-13(22)15(10-12)26-2/h3,5-10,14,17-19,22,24-25H,4H2,1-2H3. The number of aliphatic hydroxyl groups is 2. The summed E-state index contributed by atoms with van der Waals surface area (Å²) >= 11 is 0. The predicted octanol–water partition coefficient (Wildman–Crippen LogP) is 0.666. The normalized spacial score (nSPS) is 30.8. The first-order valence-electron chi connectivity index (χ1n) is 8.92. The first-order chi connectivity index (χ1) is 13.7. The number of esters is 2. The SMILES string of the molecule is COc1cc(C=CC(=O)OC2C(OC(C)=O)C(O)C3CC=CC2(O)O3)ccc1O. The minimum absolute atomic E-state index is 0.0503. The monoisotopic (exact) mass is 406 g/mol. The van der Waals surface area contributed by atoms with Crippen LogP contribution < -0.4 is 4.74 Å². The third-order valence-corrected chi connectivity index (χ3v) is 4.65. The summed E-state index contributed by atoms with van der Waals surface area (Å²) in [4.78, 5) is 23.8. The maximum absolute atomic E-state index is 12.3. The molecule has 0 aliphatic carbocycles. The Morgan fingerprint density at radius 1 is 1.31 bits per heavy atom. The molecule has 2 bridgehead atoms. The van der Waals surface area contributed by atoms with E-state index >= 15 is 0 Å². The van der Waals surface area contributed by atoms with Crippen LogP contribution in [0.1, 0.15) is 18.9 Å². The van der Waals surface area contributed by atoms with Gasteiger partial charge in [0.15, 0.2) is 23.7 Å². The fourth-order valence-electron chi connectivity index (χ4n) is 3.30. The molecule has 2 heterocycles. The number of phenols is 1. The molecule has 0 saturated carbocycles. The smallest absolute Gasteiger partial charge is 0.331 e. The second-order valence-electron chi connectivity index (χ2n) is 6.73. The highest BCUT2D eigenvalue weighted by molar-refractivity contribution is 5.87. The van der Waals surface area contributed by atoms with Crippen LogP contribution in [-0.4, -0.2) is 64.6 Å². The van der Waals surface area contributed by atoms with Gasteiger partial charge in [0.05, 0.1) is 13.2 Å². The van der Waals surface area contributed by atoms with E-state index < -0.39 is 42.1 Å². The van der Waals surface area contributed by atoms with Gasteiger partial charge in [-0.05, 0) is 36.3 Å². The zero-order valence-electron chi connectivity index (χ0n) is 15.8. The van der Waals surface area contributed by atoms with Crippen LogP contribution in [0.2, 0.25) is 0 Å². The van der Waals surface area contributed by atoms with Crippen LogP contribution in [0.3, 0.4) is 0 Å². The van der Waals surface area contributed by atoms with Gasteiger partial charge in [-0.15, -0.1) is 0 Å². The van der Waals surface area contributed by atoms with Gasteiger partial charge < -0.3 is 34.3 Å². The Hall–Kier alpha value is -2.88. The number of phenolic OH excluding ortho intramolecular Hbond substituents is 1. The second-order valence-corrected chi connectivity index (χ2v) is 6.73. The predicted molar refractivity (Wildman–Crippen MR) is 98.7 cm³/mol. The van der Waals surface area contributed by atoms with E-state index in [1.54, 1.807) is 12.1 Å². The lowest BCUT2D eigenvalue weighted by Crippen LogP contribution is -2.66. The Kier molecular flexibility index (Phi) is 5.92. The number of ether oxygens (including phenoxy) is 4. The van der Waals surface area contributed by atoms with Crippen molar-refractivity contribution in [2.75, 3.05) is 7.11 Å². The molecule has 3 N–H and O–H groups in total. The average Bonchev–Trinajstić information content (AvgIpc) is 2.68. The molecule has 5 atom stereocenters. The van der Waals surface area contributed by atoms with Gasteiger partial charge in [-0.3, -0.25) is 4.79 Å². The van der Waals surface area contributed by atoms with Crippen molar-refractivity contribution in [2.24, 2.45) is 0 Å². The number of methoxy groups -OCH3 is 1. The third-order valence-electron chi connectivity index (χ3n) is 4.65. The van der Waals surface area contributed by atoms with Crippen LogP contribution in [-0.2, 0) is 23.8 Å². The van der Waals surface area contributed by atoms with Gasteiger partial charge in [0.25, 0.3) is 0 Å². The van der Waals surface area contributed by atoms with Crippen molar-refractivity contribution < 1.29 is 43.9 Å². The van der Waals surface area contributed by atoms with Gasteiger partial charge in [0.2, 0.25) is 5.79 Å². The van der Waals surface area contributed by atoms with E-state index in [9.17, 15) is 24.9 Å². The summed E-state index contributed by atoms with van der Waals surface area (Å²) in [5.74, 6) is -3.42. The van der Waals surface area contributed by atoms with Crippen molar-refractivity contribution in [2.45, 2.75) is 43.5 Å². The van der Waals surface area contributed by atoms with Crippen molar-refractivity contribution in [1.29, 1.82) is 0 Å². The minimum atomic E-state index is -2.03. The summed E-state index contributed by atoms with van der Waals surface area (Å²) in [7, 11) is 1.39. The van der Waals surface area contributed by atoms with E-state index in [1.807, 2.05) is 0 Å². The molecule has 0 aromatic heterocycles. The molecule has 2 aliphatic rings. The lowest BCUT2D eigenvalue weighted by Gasteiger charge is -2.48. The highest BCUT2D eigenvalue weighted by atomic mass is 16.7. The summed E-state index contributed by atoms with van der Waals surface area (Å²) in [5, 5.41) is 30.8. The van der Waals surface area contributed by atoms with Gasteiger partial charge in [-0.25, -0.2) is 4.79 Å². The van der Waals surface area contributed by atoms with Gasteiger partial charge in [0, 0.05) is 13.0 Å². The van der Waals surface area contributed by atoms with Crippen LogP contribution in [0.4, 0.5) is 0 Å². The average molecular weight is 406 g/mol. The largest absolute Gasteiger partial charge is 0.504 e. The molecule has 1 saturated heterocycles. The van der Waals surface area contributed by atoms with Crippen LogP contribution in [0.5, 0.6) is 11.5 Å². The Bertz CT molecular complexity index is 846. The zero-order valence-corrected chi connectivity index (χ0v) is 15.8. The molecule has 5 unspecified atom stereocenters. The van der Waals surface area contributed by atoms with Crippen LogP contribution in [0.15, 0.2) is 36.4 Å². The first-order valence-corrected chi connectivity index (χ1v) is 8.92. The number of hydrogen-bond donors (Lipinski definition) is 3. The molecule has 9 heteroatoms. The number of carbonyl (C=O) groups excluding carboxylic acids is 2. The Labute approximate surface area is 166 Å². The maximum atomic E-state index is 12.3. The topological polar surface area (TPSA) is 132 Å². The summed E-state index contributed by atoms with van der Waals surface area (Å²) in [6.07, 6.45) is 0.855. The molecule has 1 aromatic carbocycles. The number of hydrogen-bond acceptors (Lipinski definition) is 9. The lowest BCUT2D eigenvalue weighted by atomic mass is 9.87. The summed E-state index contributed by atoms with van der Waals surface area (Å²) in [6.45, 7) is 1.15. The van der Waals surface area contributed by atoms with Crippen molar-refractivity contribution >= 4 is 18.0 Å². The fraction of sp³-hybridized carbons (Fsp3) is 0.400. The van der Waals surface area contributed by atoms with Crippen LogP contribution in [0, 0.1) is 0 Å². The van der Waals surface area contributed by atoms with Crippen LogP contribution >= 0.6 is 0 Å². The van der Waals surface area contributed by atoms with E-state index in [1.165, 1.54) is 31.4 Å². The minimum Gasteiger partial charge on any atom is -0.504 e. The van der Waals surface area contributed by atoms with Gasteiger partial charge in [-0.1, -0.05) is 12.1 Å². The summed E-state index contributed by atoms with van der Waals surface area (Å²) in [6, 6.07) is 4.47. The molecule has 0 amide bonds. The maximum Gasteiger partial charge on any atom is 0.331 e. The summed E-state index contributed by atoms with van der Waals surface area (Å²) < 4.78 is 20.8. The highest BCUT2D eigenvalue weighted by Crippen LogP contribution is 2.37. The number of carbonyl (C=O) groups is 2. The Morgan fingerprint density at radius 3 is 2.76 bits per heavy atom. The Morgan fingerprint density at radius 2 is 2.07 bits per heavy atom. The van der Waals surface area contributed by atoms with Gasteiger partial charge in [0.1, 0.15) is 6.10 Å². The van der Waals surface area contributed by atoms with Gasteiger partial charge in [-0.2, -0.15) is 0 Å². The molecule has 1 fully saturated rings. The van der Waals surface area contributed by atoms with Gasteiger partial charge >= 0.3 is 11.9 Å². The van der Waals surface area contributed by atoms with Crippen LogP contribution in [0.25, 0.3) is 6.08 Å². The first kappa shape index (κ1) is 20.8. The number of rotatable bonds is 5.